The summed E-state index contributed by atoms with van der Waals surface area (Å²) >= 11 is 3.68. The van der Waals surface area contributed by atoms with Gasteiger partial charge in [0.1, 0.15) is 0 Å². The molecular weight excluding hydrogens is 286 g/mol. The van der Waals surface area contributed by atoms with E-state index >= 15 is 0 Å². The van der Waals surface area contributed by atoms with Gasteiger partial charge in [-0.3, -0.25) is 0 Å². The fourth-order valence-electron chi connectivity index (χ4n) is 0.321. The van der Waals surface area contributed by atoms with Gasteiger partial charge < -0.3 is 0 Å². The van der Waals surface area contributed by atoms with Crippen molar-refractivity contribution in [3.63, 3.8) is 0 Å². The summed E-state index contributed by atoms with van der Waals surface area (Å²) in [7, 11) is 0. The zero-order chi connectivity index (χ0) is 6.69. The molecule has 0 spiro atoms. The van der Waals surface area contributed by atoms with Gasteiger partial charge >= 0.3 is 71.9 Å². The molecular formula is C4H3OS2Se2. The molecule has 0 fully saturated rings. The molecule has 0 aliphatic rings. The third-order valence-corrected chi connectivity index (χ3v) is 8.91. The predicted octanol–water partition coefficient (Wildman–Crippen LogP) is -0.449. The Bertz CT molecular complexity index is 251. The normalized spacial score (nSPS) is 9.33. The first-order valence-corrected chi connectivity index (χ1v) is 10.1. The van der Waals surface area contributed by atoms with Crippen LogP contribution in [0.2, 0.25) is 0 Å². The van der Waals surface area contributed by atoms with Crippen LogP contribution in [-0.4, -0.2) is 31.2 Å². The van der Waals surface area contributed by atoms with Crippen molar-refractivity contribution in [3.8, 4) is 0 Å². The van der Waals surface area contributed by atoms with Crippen molar-refractivity contribution in [2.75, 3.05) is 0 Å². The molecule has 0 bridgehead atoms. The monoisotopic (exact) mass is 291 g/mol. The Morgan fingerprint density at radius 1 is 1.67 bits per heavy atom. The Labute approximate surface area is 71.5 Å². The van der Waals surface area contributed by atoms with Crippen molar-refractivity contribution in [3.05, 3.63) is 14.2 Å². The molecule has 0 aromatic carbocycles. The van der Waals surface area contributed by atoms with Crippen LogP contribution in [0.25, 0.3) is 0 Å². The van der Waals surface area contributed by atoms with E-state index in [1.807, 2.05) is 5.38 Å². The second kappa shape index (κ2) is 3.81. The molecule has 49 valence electrons. The average molecular weight is 289 g/mol. The molecule has 0 unspecified atom stereocenters. The zero-order valence-corrected chi connectivity index (χ0v) is 9.38. The minimum absolute atomic E-state index is 0.219. The van der Waals surface area contributed by atoms with E-state index in [0.717, 1.165) is 0 Å². The van der Waals surface area contributed by atoms with Crippen molar-refractivity contribution in [2.45, 2.75) is 0 Å². The van der Waals surface area contributed by atoms with Crippen LogP contribution in [0, 0.1) is 0 Å². The summed E-state index contributed by atoms with van der Waals surface area (Å²) in [5, 5.41) is 1.96. The fourth-order valence-corrected chi connectivity index (χ4v) is 8.50. The van der Waals surface area contributed by atoms with Crippen LogP contribution in [-0.2, 0) is 0 Å². The summed E-state index contributed by atoms with van der Waals surface area (Å²) in [5.41, 5.74) is 3.79. The van der Waals surface area contributed by atoms with Gasteiger partial charge in [-0.05, 0) is 0 Å². The molecule has 0 saturated carbocycles. The molecule has 5 heteroatoms. The Kier molecular flexibility index (Phi) is 3.33. The standard InChI is InChI=1S/C4H3OS2Se2/c1-8-9-3-2-6-4(5)7-3/h2H,1H2. The van der Waals surface area contributed by atoms with Crippen LogP contribution in [0.15, 0.2) is 10.2 Å². The molecule has 1 nitrogen and oxygen atoms in total. The summed E-state index contributed by atoms with van der Waals surface area (Å²) in [6.45, 7) is 0. The van der Waals surface area contributed by atoms with Gasteiger partial charge in [0.15, 0.2) is 0 Å². The molecule has 1 aromatic rings. The topological polar surface area (TPSA) is 17.1 Å². The van der Waals surface area contributed by atoms with Crippen LogP contribution in [0.1, 0.15) is 0 Å². The quantitative estimate of drug-likeness (QED) is 0.674. The van der Waals surface area contributed by atoms with E-state index in [2.05, 4.69) is 5.42 Å². The average Bonchev–Trinajstić information content (AvgIpc) is 2.17. The van der Waals surface area contributed by atoms with Crippen LogP contribution < -0.4 is 7.83 Å². The van der Waals surface area contributed by atoms with Gasteiger partial charge in [0.25, 0.3) is 0 Å². The van der Waals surface area contributed by atoms with Crippen LogP contribution in [0.4, 0.5) is 0 Å². The summed E-state index contributed by atoms with van der Waals surface area (Å²) in [6, 6.07) is 0. The van der Waals surface area contributed by atoms with Crippen molar-refractivity contribution in [1.29, 1.82) is 0 Å². The van der Waals surface area contributed by atoms with Gasteiger partial charge in [-0.1, -0.05) is 0 Å². The van der Waals surface area contributed by atoms with Gasteiger partial charge in [0.2, 0.25) is 0 Å². The molecule has 1 rings (SSSR count). The van der Waals surface area contributed by atoms with Gasteiger partial charge in [0.05, 0.1) is 0 Å². The summed E-state index contributed by atoms with van der Waals surface area (Å²) in [6.07, 6.45) is 0. The van der Waals surface area contributed by atoms with Gasteiger partial charge in [-0.2, -0.15) is 0 Å². The molecule has 1 heterocycles. The van der Waals surface area contributed by atoms with Gasteiger partial charge in [-0.25, -0.2) is 0 Å². The van der Waals surface area contributed by atoms with Crippen LogP contribution in [0.5, 0.6) is 0 Å². The maximum absolute atomic E-state index is 10.6. The molecule has 0 amide bonds. The Morgan fingerprint density at radius 2 is 2.44 bits per heavy atom. The number of hydrogen-bond donors (Lipinski definition) is 0. The van der Waals surface area contributed by atoms with Crippen LogP contribution >= 0.6 is 22.7 Å². The molecule has 0 N–H and O–H groups in total. The third kappa shape index (κ3) is 2.46. The van der Waals surface area contributed by atoms with Crippen molar-refractivity contribution in [1.82, 2.24) is 0 Å². The van der Waals surface area contributed by atoms with Gasteiger partial charge in [0, 0.05) is 0 Å². The van der Waals surface area contributed by atoms with E-state index in [1.165, 1.54) is 26.4 Å². The molecule has 1 radical (unpaired) electrons. The first kappa shape index (κ1) is 7.86. The number of hydrogen-bond acceptors (Lipinski definition) is 3. The first-order valence-electron chi connectivity index (χ1n) is 2.00. The Hall–Kier alpha value is 0.759. The number of rotatable bonds is 2. The molecule has 1 aromatic heterocycles. The zero-order valence-electron chi connectivity index (χ0n) is 4.33. The van der Waals surface area contributed by atoms with Crippen molar-refractivity contribution in [2.24, 2.45) is 0 Å². The van der Waals surface area contributed by atoms with E-state index in [1.54, 1.807) is 0 Å². The molecule has 0 saturated heterocycles. The molecule has 0 aliphatic carbocycles. The summed E-state index contributed by atoms with van der Waals surface area (Å²) in [4.78, 5) is 10.6. The SMILES string of the molecule is C=[Se][Se]c1csc(=O)s1. The first-order chi connectivity index (χ1) is 4.33. The van der Waals surface area contributed by atoms with Gasteiger partial charge in [-0.15, -0.1) is 0 Å². The summed E-state index contributed by atoms with van der Waals surface area (Å²) in [5.74, 6) is 0. The predicted molar refractivity (Wildman–Crippen MR) is 46.7 cm³/mol. The second-order valence-electron chi connectivity index (χ2n) is 1.11. The maximum atomic E-state index is 10.6. The Balaban J connectivity index is 2.84. The molecule has 9 heavy (non-hydrogen) atoms. The minimum atomic E-state index is 0.219. The molecule has 0 aliphatic heterocycles. The molecule has 0 atom stereocenters. The summed E-state index contributed by atoms with van der Waals surface area (Å²) < 4.78 is 1.48. The fraction of sp³-hybridized carbons (Fsp3) is 0. The van der Waals surface area contributed by atoms with Crippen molar-refractivity contribution >= 4 is 57.7 Å². The van der Waals surface area contributed by atoms with E-state index in [4.69, 9.17) is 0 Å². The van der Waals surface area contributed by atoms with E-state index in [0.29, 0.717) is 25.8 Å². The van der Waals surface area contributed by atoms with E-state index < -0.39 is 0 Å². The Morgan fingerprint density at radius 3 is 2.89 bits per heavy atom. The van der Waals surface area contributed by atoms with Crippen molar-refractivity contribution < 1.29 is 0 Å². The third-order valence-electron chi connectivity index (χ3n) is 0.576. The second-order valence-corrected chi connectivity index (χ2v) is 9.96. The van der Waals surface area contributed by atoms with E-state index in [9.17, 15) is 4.79 Å². The van der Waals surface area contributed by atoms with Crippen LogP contribution in [0.3, 0.4) is 0 Å². The van der Waals surface area contributed by atoms with E-state index in [-0.39, 0.29) is 4.06 Å².